The lowest BCUT2D eigenvalue weighted by atomic mass is 9.88. The Morgan fingerprint density at radius 2 is 2.07 bits per heavy atom. The van der Waals surface area contributed by atoms with Crippen molar-refractivity contribution in [1.29, 1.82) is 0 Å². The summed E-state index contributed by atoms with van der Waals surface area (Å²) < 4.78 is 1.87. The highest BCUT2D eigenvalue weighted by atomic mass is 35.5. The van der Waals surface area contributed by atoms with Gasteiger partial charge in [0.25, 0.3) is 0 Å². The number of halogens is 1. The van der Waals surface area contributed by atoms with Gasteiger partial charge in [-0.05, 0) is 24.8 Å². The average Bonchev–Trinajstić information content (AvgIpc) is 2.45. The summed E-state index contributed by atoms with van der Waals surface area (Å²) in [4.78, 5) is 0. The summed E-state index contributed by atoms with van der Waals surface area (Å²) in [6, 6.07) is 0. The minimum absolute atomic E-state index is 0.0719. The quantitative estimate of drug-likeness (QED) is 0.860. The topological polar surface area (TPSA) is 43.8 Å². The van der Waals surface area contributed by atoms with Gasteiger partial charge in [0.1, 0.15) is 0 Å². The number of rotatable bonds is 4. The van der Waals surface area contributed by atoms with Crippen molar-refractivity contribution in [2.24, 2.45) is 18.2 Å². The molecule has 1 aromatic heterocycles. The van der Waals surface area contributed by atoms with E-state index in [2.05, 4.69) is 25.9 Å². The average molecular weight is 230 g/mol. The van der Waals surface area contributed by atoms with Crippen molar-refractivity contribution < 1.29 is 0 Å². The van der Waals surface area contributed by atoms with Crippen molar-refractivity contribution in [3.63, 3.8) is 0 Å². The summed E-state index contributed by atoms with van der Waals surface area (Å²) in [5.74, 6) is 0. The van der Waals surface area contributed by atoms with Gasteiger partial charge in [0.15, 0.2) is 0 Å². The lowest BCUT2D eigenvalue weighted by molar-refractivity contribution is 0.366. The minimum Gasteiger partial charge on any atom is -0.330 e. The van der Waals surface area contributed by atoms with Crippen molar-refractivity contribution in [3.05, 3.63) is 16.4 Å². The molecule has 0 aromatic carbocycles. The first-order valence-electron chi connectivity index (χ1n) is 5.31. The van der Waals surface area contributed by atoms with Crippen LogP contribution in [-0.4, -0.2) is 16.3 Å². The fourth-order valence-electron chi connectivity index (χ4n) is 1.54. The molecule has 0 aliphatic rings. The highest BCUT2D eigenvalue weighted by Gasteiger charge is 2.22. The summed E-state index contributed by atoms with van der Waals surface area (Å²) in [5, 5.41) is 5.20. The van der Waals surface area contributed by atoms with Gasteiger partial charge in [-0.25, -0.2) is 0 Å². The van der Waals surface area contributed by atoms with Crippen LogP contribution in [0.2, 0.25) is 5.02 Å². The zero-order valence-corrected chi connectivity index (χ0v) is 10.7. The molecule has 0 spiro atoms. The summed E-state index contributed by atoms with van der Waals surface area (Å²) in [5.41, 5.74) is 7.85. The molecule has 4 heteroatoms. The monoisotopic (exact) mass is 229 g/mol. The van der Waals surface area contributed by atoms with E-state index in [0.717, 1.165) is 29.3 Å². The van der Waals surface area contributed by atoms with Gasteiger partial charge >= 0.3 is 0 Å². The van der Waals surface area contributed by atoms with Crippen molar-refractivity contribution in [2.45, 2.75) is 33.6 Å². The molecule has 3 nitrogen and oxygen atoms in total. The maximum Gasteiger partial charge on any atom is 0.0849 e. The molecule has 0 fully saturated rings. The predicted molar refractivity (Wildman–Crippen MR) is 64.1 cm³/mol. The molecule has 0 aliphatic carbocycles. The molecule has 0 radical (unpaired) electrons. The van der Waals surface area contributed by atoms with Crippen LogP contribution in [0.25, 0.3) is 0 Å². The van der Waals surface area contributed by atoms with E-state index in [0.29, 0.717) is 6.54 Å². The zero-order chi connectivity index (χ0) is 11.6. The van der Waals surface area contributed by atoms with Gasteiger partial charge in [-0.15, -0.1) is 0 Å². The maximum absolute atomic E-state index is 6.27. The Morgan fingerprint density at radius 1 is 1.47 bits per heavy atom. The molecule has 0 amide bonds. The molecular weight excluding hydrogens is 210 g/mol. The lowest BCUT2D eigenvalue weighted by Gasteiger charge is -2.22. The van der Waals surface area contributed by atoms with Gasteiger partial charge in [0.2, 0.25) is 0 Å². The third-order valence-corrected chi connectivity index (χ3v) is 3.14. The number of aromatic nitrogens is 2. The van der Waals surface area contributed by atoms with E-state index in [1.165, 1.54) is 0 Å². The molecule has 0 bridgehead atoms. The largest absolute Gasteiger partial charge is 0.330 e. The Balaban J connectivity index is 2.99. The van der Waals surface area contributed by atoms with E-state index in [9.17, 15) is 0 Å². The maximum atomic E-state index is 6.27. The van der Waals surface area contributed by atoms with Gasteiger partial charge in [0.05, 0.1) is 16.4 Å². The van der Waals surface area contributed by atoms with Crippen LogP contribution < -0.4 is 5.73 Å². The minimum atomic E-state index is 0.0719. The highest BCUT2D eigenvalue weighted by molar-refractivity contribution is 6.31. The molecule has 0 saturated carbocycles. The molecule has 15 heavy (non-hydrogen) atoms. The fraction of sp³-hybridized carbons (Fsp3) is 0.727. The second-order valence-electron chi connectivity index (χ2n) is 4.73. The molecule has 86 valence electrons. The Bertz CT molecular complexity index is 342. The number of hydrogen-bond acceptors (Lipinski definition) is 2. The molecule has 0 saturated heterocycles. The fourth-order valence-corrected chi connectivity index (χ4v) is 1.90. The lowest BCUT2D eigenvalue weighted by Crippen LogP contribution is -2.27. The van der Waals surface area contributed by atoms with Crippen molar-refractivity contribution in [3.8, 4) is 0 Å². The van der Waals surface area contributed by atoms with E-state index >= 15 is 0 Å². The van der Waals surface area contributed by atoms with Crippen LogP contribution in [0, 0.1) is 5.41 Å². The first kappa shape index (κ1) is 12.5. The first-order chi connectivity index (χ1) is 6.91. The molecule has 2 N–H and O–H groups in total. The van der Waals surface area contributed by atoms with Gasteiger partial charge < -0.3 is 5.73 Å². The van der Waals surface area contributed by atoms with E-state index in [1.54, 1.807) is 0 Å². The summed E-state index contributed by atoms with van der Waals surface area (Å²) in [6.45, 7) is 6.99. The Kier molecular flexibility index (Phi) is 3.79. The van der Waals surface area contributed by atoms with E-state index in [1.807, 2.05) is 11.7 Å². The molecule has 1 heterocycles. The highest BCUT2D eigenvalue weighted by Crippen LogP contribution is 2.27. The molecule has 1 aromatic rings. The first-order valence-corrected chi connectivity index (χ1v) is 5.69. The normalized spacial score (nSPS) is 12.1. The van der Waals surface area contributed by atoms with Crippen LogP contribution in [0.3, 0.4) is 0 Å². The number of hydrogen-bond donors (Lipinski definition) is 1. The van der Waals surface area contributed by atoms with Gasteiger partial charge in [-0.2, -0.15) is 5.10 Å². The zero-order valence-electron chi connectivity index (χ0n) is 9.97. The SMILES string of the molecule is CCc1nn(C)c(CC(C)(C)CN)c1Cl. The van der Waals surface area contributed by atoms with E-state index in [4.69, 9.17) is 17.3 Å². The van der Waals surface area contributed by atoms with Crippen LogP contribution in [0.4, 0.5) is 0 Å². The van der Waals surface area contributed by atoms with Gasteiger partial charge in [0, 0.05) is 7.05 Å². The van der Waals surface area contributed by atoms with Gasteiger partial charge in [-0.3, -0.25) is 4.68 Å². The van der Waals surface area contributed by atoms with Gasteiger partial charge in [-0.1, -0.05) is 32.4 Å². The second-order valence-corrected chi connectivity index (χ2v) is 5.11. The second kappa shape index (κ2) is 4.54. The standard InChI is InChI=1S/C11H20ClN3/c1-5-8-10(12)9(15(4)14-8)6-11(2,3)7-13/h5-7,13H2,1-4H3. The number of nitrogens with two attached hydrogens (primary N) is 1. The smallest absolute Gasteiger partial charge is 0.0849 e. The predicted octanol–water partition coefficient (Wildman–Crippen LogP) is 2.16. The van der Waals surface area contributed by atoms with Crippen LogP contribution >= 0.6 is 11.6 Å². The van der Waals surface area contributed by atoms with Crippen molar-refractivity contribution >= 4 is 11.6 Å². The van der Waals surface area contributed by atoms with Crippen LogP contribution in [0.5, 0.6) is 0 Å². The van der Waals surface area contributed by atoms with Crippen LogP contribution in [0.15, 0.2) is 0 Å². The van der Waals surface area contributed by atoms with E-state index < -0.39 is 0 Å². The van der Waals surface area contributed by atoms with Crippen LogP contribution in [-0.2, 0) is 19.9 Å². The number of aryl methyl sites for hydroxylation is 2. The number of nitrogens with zero attached hydrogens (tertiary/aromatic N) is 2. The Labute approximate surface area is 96.6 Å². The summed E-state index contributed by atoms with van der Waals surface area (Å²) in [6.07, 6.45) is 1.74. The summed E-state index contributed by atoms with van der Waals surface area (Å²) in [7, 11) is 1.94. The van der Waals surface area contributed by atoms with Crippen molar-refractivity contribution in [2.75, 3.05) is 6.54 Å². The molecular formula is C11H20ClN3. The molecule has 0 unspecified atom stereocenters. The molecule has 0 atom stereocenters. The molecule has 0 aliphatic heterocycles. The Hall–Kier alpha value is -0.540. The third-order valence-electron chi connectivity index (χ3n) is 2.70. The van der Waals surface area contributed by atoms with E-state index in [-0.39, 0.29) is 5.41 Å². The van der Waals surface area contributed by atoms with Crippen LogP contribution in [0.1, 0.15) is 32.2 Å². The summed E-state index contributed by atoms with van der Waals surface area (Å²) >= 11 is 6.27. The molecule has 1 rings (SSSR count). The Morgan fingerprint density at radius 3 is 2.47 bits per heavy atom. The third kappa shape index (κ3) is 2.73. The van der Waals surface area contributed by atoms with Crippen molar-refractivity contribution in [1.82, 2.24) is 9.78 Å².